The number of hydrogen-bond donors (Lipinski definition) is 0. The zero-order chi connectivity index (χ0) is 24.7. The Kier molecular flexibility index (Phi) is 9.18. The molecule has 0 saturated carbocycles. The van der Waals surface area contributed by atoms with Crippen LogP contribution < -0.4 is 4.80 Å². The Balaban J connectivity index is 1.93. The minimum absolute atomic E-state index is 0.190. The van der Waals surface area contributed by atoms with E-state index >= 15 is 0 Å². The molecule has 3 rings (SSSR count). The van der Waals surface area contributed by atoms with Gasteiger partial charge in [-0.05, 0) is 68.7 Å². The molecule has 3 aromatic rings. The summed E-state index contributed by atoms with van der Waals surface area (Å²) in [4.78, 5) is 18.1. The standard InChI is InChI=1S/C25H33N3O4S2/c1-5-14-27(15-6-2)34(30,31)21-11-9-20(10-12-21)24(29)26-25-28(16-17-32-7-3)22-13-8-19(4)18-23(22)33-25/h8-13,18H,5-7,14-17H2,1-4H3. The molecule has 0 saturated heterocycles. The fraction of sp³-hybridized carbons (Fsp3) is 0.440. The van der Waals surface area contributed by atoms with E-state index in [1.807, 2.05) is 44.4 Å². The van der Waals surface area contributed by atoms with Crippen molar-refractivity contribution in [3.05, 3.63) is 58.4 Å². The second-order valence-corrected chi connectivity index (χ2v) is 11.0. The number of benzene rings is 2. The molecule has 0 radical (unpaired) electrons. The Labute approximate surface area is 205 Å². The number of carbonyl (C=O) groups is 1. The molecule has 1 aromatic heterocycles. The monoisotopic (exact) mass is 503 g/mol. The number of nitrogens with zero attached hydrogens (tertiary/aromatic N) is 3. The molecule has 0 spiro atoms. The highest BCUT2D eigenvalue weighted by atomic mass is 32.2. The van der Waals surface area contributed by atoms with Gasteiger partial charge in [0.15, 0.2) is 4.80 Å². The Hall–Kier alpha value is -2.33. The SMILES string of the molecule is CCCN(CCC)S(=O)(=O)c1ccc(C(=O)N=c2sc3cc(C)ccc3n2CCOCC)cc1. The van der Waals surface area contributed by atoms with Gasteiger partial charge in [-0.2, -0.15) is 9.30 Å². The summed E-state index contributed by atoms with van der Waals surface area (Å²) in [5.41, 5.74) is 2.50. The Morgan fingerprint density at radius 2 is 1.74 bits per heavy atom. The largest absolute Gasteiger partial charge is 0.380 e. The molecule has 34 heavy (non-hydrogen) atoms. The van der Waals surface area contributed by atoms with Crippen molar-refractivity contribution >= 4 is 37.5 Å². The lowest BCUT2D eigenvalue weighted by Crippen LogP contribution is -2.32. The molecule has 7 nitrogen and oxygen atoms in total. The minimum Gasteiger partial charge on any atom is -0.380 e. The van der Waals surface area contributed by atoms with Crippen LogP contribution in [0.2, 0.25) is 0 Å². The summed E-state index contributed by atoms with van der Waals surface area (Å²) in [5.74, 6) is -0.406. The number of fused-ring (bicyclic) bond motifs is 1. The van der Waals surface area contributed by atoms with Crippen molar-refractivity contribution in [2.45, 2.75) is 52.0 Å². The van der Waals surface area contributed by atoms with Gasteiger partial charge in [0.2, 0.25) is 10.0 Å². The predicted octanol–water partition coefficient (Wildman–Crippen LogP) is 4.60. The number of rotatable bonds is 11. The summed E-state index contributed by atoms with van der Waals surface area (Å²) in [6.07, 6.45) is 1.49. The number of aryl methyl sites for hydroxylation is 1. The topological polar surface area (TPSA) is 81.0 Å². The van der Waals surface area contributed by atoms with Crippen LogP contribution in [-0.4, -0.2) is 49.5 Å². The van der Waals surface area contributed by atoms with Gasteiger partial charge >= 0.3 is 0 Å². The highest BCUT2D eigenvalue weighted by Gasteiger charge is 2.23. The lowest BCUT2D eigenvalue weighted by Gasteiger charge is -2.21. The second-order valence-electron chi connectivity index (χ2n) is 8.05. The first-order valence-electron chi connectivity index (χ1n) is 11.7. The summed E-state index contributed by atoms with van der Waals surface area (Å²) in [7, 11) is -3.59. The van der Waals surface area contributed by atoms with Crippen molar-refractivity contribution in [2.75, 3.05) is 26.3 Å². The lowest BCUT2D eigenvalue weighted by molar-refractivity contribution is 0.0996. The molecule has 0 bridgehead atoms. The lowest BCUT2D eigenvalue weighted by atomic mass is 10.2. The van der Waals surface area contributed by atoms with Gasteiger partial charge in [-0.25, -0.2) is 8.42 Å². The number of thiazole rings is 1. The van der Waals surface area contributed by atoms with Gasteiger partial charge in [0.1, 0.15) is 0 Å². The van der Waals surface area contributed by atoms with E-state index in [0.717, 1.165) is 28.6 Å². The molecule has 0 aliphatic rings. The maximum atomic E-state index is 13.0. The van der Waals surface area contributed by atoms with Gasteiger partial charge in [0.05, 0.1) is 21.7 Å². The van der Waals surface area contributed by atoms with Crippen LogP contribution in [0, 0.1) is 6.92 Å². The van der Waals surface area contributed by atoms with Crippen molar-refractivity contribution in [3.8, 4) is 0 Å². The molecule has 0 aliphatic carbocycles. The fourth-order valence-corrected chi connectivity index (χ4v) is 6.48. The first-order valence-corrected chi connectivity index (χ1v) is 13.9. The molecule has 0 aliphatic heterocycles. The number of aromatic nitrogens is 1. The van der Waals surface area contributed by atoms with Crippen molar-refractivity contribution in [2.24, 2.45) is 4.99 Å². The molecule has 1 amide bonds. The molecule has 0 N–H and O–H groups in total. The van der Waals surface area contributed by atoms with Crippen molar-refractivity contribution in [3.63, 3.8) is 0 Å². The zero-order valence-electron chi connectivity index (χ0n) is 20.3. The predicted molar refractivity (Wildman–Crippen MR) is 137 cm³/mol. The number of sulfonamides is 1. The summed E-state index contributed by atoms with van der Waals surface area (Å²) in [5, 5.41) is 0. The first-order chi connectivity index (χ1) is 16.3. The normalized spacial score (nSPS) is 12.7. The minimum atomic E-state index is -3.59. The average Bonchev–Trinajstić information content (AvgIpc) is 3.15. The Bertz CT molecular complexity index is 1290. The molecular formula is C25H33N3O4S2. The molecule has 0 unspecified atom stereocenters. The van der Waals surface area contributed by atoms with E-state index in [2.05, 4.69) is 11.1 Å². The van der Waals surface area contributed by atoms with E-state index in [9.17, 15) is 13.2 Å². The molecule has 1 heterocycles. The van der Waals surface area contributed by atoms with E-state index in [1.54, 1.807) is 0 Å². The van der Waals surface area contributed by atoms with Gasteiger partial charge in [-0.15, -0.1) is 0 Å². The smallest absolute Gasteiger partial charge is 0.279 e. The molecule has 0 atom stereocenters. The van der Waals surface area contributed by atoms with Crippen LogP contribution in [0.3, 0.4) is 0 Å². The van der Waals surface area contributed by atoms with Gasteiger partial charge in [-0.3, -0.25) is 4.79 Å². The summed E-state index contributed by atoms with van der Waals surface area (Å²) >= 11 is 1.46. The van der Waals surface area contributed by atoms with E-state index in [4.69, 9.17) is 4.74 Å². The number of amides is 1. The Morgan fingerprint density at radius 3 is 2.35 bits per heavy atom. The van der Waals surface area contributed by atoms with Gasteiger partial charge in [0, 0.05) is 31.8 Å². The number of ether oxygens (including phenoxy) is 1. The third-order valence-electron chi connectivity index (χ3n) is 5.38. The van der Waals surface area contributed by atoms with Crippen molar-refractivity contribution < 1.29 is 17.9 Å². The van der Waals surface area contributed by atoms with E-state index in [-0.39, 0.29) is 4.90 Å². The van der Waals surface area contributed by atoms with Crippen molar-refractivity contribution in [1.82, 2.24) is 8.87 Å². The van der Waals surface area contributed by atoms with Crippen molar-refractivity contribution in [1.29, 1.82) is 0 Å². The van der Waals surface area contributed by atoms with E-state index < -0.39 is 15.9 Å². The first kappa shape index (κ1) is 26.3. The number of carbonyl (C=O) groups excluding carboxylic acids is 1. The van der Waals surface area contributed by atoms with Gasteiger partial charge in [0.25, 0.3) is 5.91 Å². The molecule has 184 valence electrons. The fourth-order valence-electron chi connectivity index (χ4n) is 3.70. The van der Waals surface area contributed by atoms with Gasteiger partial charge in [-0.1, -0.05) is 31.3 Å². The Morgan fingerprint density at radius 1 is 1.06 bits per heavy atom. The van der Waals surface area contributed by atoms with Crippen LogP contribution in [0.25, 0.3) is 10.2 Å². The summed E-state index contributed by atoms with van der Waals surface area (Å²) in [6.45, 7) is 10.6. The summed E-state index contributed by atoms with van der Waals surface area (Å²) in [6, 6.07) is 12.2. The third kappa shape index (κ3) is 6.02. The molecule has 9 heteroatoms. The molecular weight excluding hydrogens is 470 g/mol. The van der Waals surface area contributed by atoms with Gasteiger partial charge < -0.3 is 9.30 Å². The highest BCUT2D eigenvalue weighted by molar-refractivity contribution is 7.89. The third-order valence-corrected chi connectivity index (χ3v) is 8.34. The second kappa shape index (κ2) is 11.9. The van der Waals surface area contributed by atoms with Crippen LogP contribution in [0.5, 0.6) is 0 Å². The maximum absolute atomic E-state index is 13.0. The molecule has 2 aromatic carbocycles. The summed E-state index contributed by atoms with van der Waals surface area (Å²) < 4.78 is 36.0. The highest BCUT2D eigenvalue weighted by Crippen LogP contribution is 2.20. The number of hydrogen-bond acceptors (Lipinski definition) is 5. The van der Waals surface area contributed by atoms with Crippen LogP contribution in [0.4, 0.5) is 0 Å². The quantitative estimate of drug-likeness (QED) is 0.358. The van der Waals surface area contributed by atoms with Crippen LogP contribution in [0.15, 0.2) is 52.4 Å². The van der Waals surface area contributed by atoms with Crippen LogP contribution in [-0.2, 0) is 21.3 Å². The average molecular weight is 504 g/mol. The maximum Gasteiger partial charge on any atom is 0.279 e. The van der Waals surface area contributed by atoms with Crippen LogP contribution >= 0.6 is 11.3 Å². The zero-order valence-corrected chi connectivity index (χ0v) is 21.9. The van der Waals surface area contributed by atoms with E-state index in [1.165, 1.54) is 39.9 Å². The van der Waals surface area contributed by atoms with E-state index in [0.29, 0.717) is 43.2 Å². The van der Waals surface area contributed by atoms with Crippen LogP contribution in [0.1, 0.15) is 49.5 Å². The molecule has 0 fully saturated rings.